The number of aryl methyl sites for hydroxylation is 2. The van der Waals surface area contributed by atoms with Crippen molar-refractivity contribution in [2.75, 3.05) is 0 Å². The topological polar surface area (TPSA) is 20.2 Å². The number of benzene rings is 2. The van der Waals surface area contributed by atoms with E-state index in [-0.39, 0.29) is 5.02 Å². The van der Waals surface area contributed by atoms with E-state index < -0.39 is 11.9 Å². The van der Waals surface area contributed by atoms with Crippen LogP contribution in [0.25, 0.3) is 0 Å². The van der Waals surface area contributed by atoms with Crippen LogP contribution in [-0.2, 0) is 0 Å². The standard InChI is InChI=1S/C15H13BrClFO/c1-8-7-12(16)9(2)6-11(8)15(19)10-4-3-5-13(18)14(10)17/h3-7,15,19H,1-2H3. The summed E-state index contributed by atoms with van der Waals surface area (Å²) in [6.45, 7) is 3.84. The Labute approximate surface area is 125 Å². The Morgan fingerprint density at radius 3 is 2.53 bits per heavy atom. The third-order valence-electron chi connectivity index (χ3n) is 3.12. The molecule has 1 atom stereocenters. The molecule has 2 aromatic carbocycles. The molecule has 0 spiro atoms. The highest BCUT2D eigenvalue weighted by molar-refractivity contribution is 9.10. The molecule has 1 N–H and O–H groups in total. The largest absolute Gasteiger partial charge is 0.384 e. The van der Waals surface area contributed by atoms with E-state index in [4.69, 9.17) is 11.6 Å². The normalized spacial score (nSPS) is 12.5. The van der Waals surface area contributed by atoms with Crippen molar-refractivity contribution in [2.45, 2.75) is 20.0 Å². The van der Waals surface area contributed by atoms with Crippen molar-refractivity contribution in [3.63, 3.8) is 0 Å². The molecule has 2 aromatic rings. The van der Waals surface area contributed by atoms with E-state index in [0.29, 0.717) is 5.56 Å². The summed E-state index contributed by atoms with van der Waals surface area (Å²) in [7, 11) is 0. The van der Waals surface area contributed by atoms with Gasteiger partial charge in [-0.3, -0.25) is 0 Å². The molecule has 1 unspecified atom stereocenters. The molecule has 0 aliphatic carbocycles. The molecule has 0 amide bonds. The second-order valence-corrected chi connectivity index (χ2v) is 5.74. The molecule has 100 valence electrons. The first kappa shape index (κ1) is 14.5. The van der Waals surface area contributed by atoms with Crippen LogP contribution in [0.4, 0.5) is 4.39 Å². The summed E-state index contributed by atoms with van der Waals surface area (Å²) in [6, 6.07) is 8.26. The van der Waals surface area contributed by atoms with Gasteiger partial charge < -0.3 is 5.11 Å². The van der Waals surface area contributed by atoms with Crippen LogP contribution in [0.15, 0.2) is 34.8 Å². The lowest BCUT2D eigenvalue weighted by atomic mass is 9.96. The van der Waals surface area contributed by atoms with Crippen LogP contribution >= 0.6 is 27.5 Å². The van der Waals surface area contributed by atoms with Crippen LogP contribution in [0, 0.1) is 19.7 Å². The highest BCUT2D eigenvalue weighted by Gasteiger charge is 2.18. The van der Waals surface area contributed by atoms with E-state index in [0.717, 1.165) is 21.2 Å². The van der Waals surface area contributed by atoms with Crippen LogP contribution in [-0.4, -0.2) is 5.11 Å². The van der Waals surface area contributed by atoms with Crippen molar-refractivity contribution in [3.8, 4) is 0 Å². The summed E-state index contributed by atoms with van der Waals surface area (Å²) in [4.78, 5) is 0. The quantitative estimate of drug-likeness (QED) is 0.819. The Balaban J connectivity index is 2.53. The Hall–Kier alpha value is -0.900. The summed E-state index contributed by atoms with van der Waals surface area (Å²) in [5, 5.41) is 10.4. The SMILES string of the molecule is Cc1cc(C(O)c2cccc(F)c2Cl)c(C)cc1Br. The van der Waals surface area contributed by atoms with E-state index in [1.165, 1.54) is 6.07 Å². The average molecular weight is 344 g/mol. The Bertz CT molecular complexity index is 628. The smallest absolute Gasteiger partial charge is 0.142 e. The lowest BCUT2D eigenvalue weighted by Gasteiger charge is -2.17. The number of hydrogen-bond donors (Lipinski definition) is 1. The lowest BCUT2D eigenvalue weighted by Crippen LogP contribution is -2.04. The molecule has 0 saturated heterocycles. The van der Waals surface area contributed by atoms with E-state index in [1.54, 1.807) is 12.1 Å². The number of rotatable bonds is 2. The predicted molar refractivity (Wildman–Crippen MR) is 79.1 cm³/mol. The lowest BCUT2D eigenvalue weighted by molar-refractivity contribution is 0.219. The molecule has 0 aliphatic rings. The van der Waals surface area contributed by atoms with Crippen molar-refractivity contribution in [1.29, 1.82) is 0 Å². The monoisotopic (exact) mass is 342 g/mol. The maximum absolute atomic E-state index is 13.4. The zero-order chi connectivity index (χ0) is 14.2. The summed E-state index contributed by atoms with van der Waals surface area (Å²) in [6.07, 6.45) is -0.935. The first-order chi connectivity index (χ1) is 8.91. The van der Waals surface area contributed by atoms with Crippen molar-refractivity contribution < 1.29 is 9.50 Å². The predicted octanol–water partition coefficient (Wildman–Crippen LogP) is 4.94. The van der Waals surface area contributed by atoms with Gasteiger partial charge in [-0.2, -0.15) is 0 Å². The molecule has 0 radical (unpaired) electrons. The third kappa shape index (κ3) is 2.83. The van der Waals surface area contributed by atoms with Crippen molar-refractivity contribution in [3.05, 3.63) is 67.9 Å². The van der Waals surface area contributed by atoms with Crippen LogP contribution in [0.5, 0.6) is 0 Å². The first-order valence-electron chi connectivity index (χ1n) is 5.80. The van der Waals surface area contributed by atoms with Gasteiger partial charge in [-0.1, -0.05) is 45.7 Å². The summed E-state index contributed by atoms with van der Waals surface area (Å²) < 4.78 is 14.4. The molecule has 0 bridgehead atoms. The van der Waals surface area contributed by atoms with Gasteiger partial charge in [0, 0.05) is 10.0 Å². The minimum absolute atomic E-state index is 0.0324. The molecule has 0 saturated carbocycles. The molecule has 2 rings (SSSR count). The van der Waals surface area contributed by atoms with Gasteiger partial charge >= 0.3 is 0 Å². The van der Waals surface area contributed by atoms with E-state index in [9.17, 15) is 9.50 Å². The molecule has 19 heavy (non-hydrogen) atoms. The van der Waals surface area contributed by atoms with Crippen LogP contribution in [0.1, 0.15) is 28.4 Å². The summed E-state index contributed by atoms with van der Waals surface area (Å²) in [5.41, 5.74) is 3.04. The zero-order valence-electron chi connectivity index (χ0n) is 10.5. The van der Waals surface area contributed by atoms with Gasteiger partial charge in [-0.05, 0) is 42.7 Å². The Morgan fingerprint density at radius 2 is 1.84 bits per heavy atom. The maximum Gasteiger partial charge on any atom is 0.142 e. The molecular formula is C15H13BrClFO. The van der Waals surface area contributed by atoms with Gasteiger partial charge in [0.1, 0.15) is 11.9 Å². The van der Waals surface area contributed by atoms with E-state index >= 15 is 0 Å². The minimum Gasteiger partial charge on any atom is -0.384 e. The number of hydrogen-bond acceptors (Lipinski definition) is 1. The van der Waals surface area contributed by atoms with E-state index in [2.05, 4.69) is 15.9 Å². The fourth-order valence-corrected chi connectivity index (χ4v) is 2.68. The second kappa shape index (κ2) is 5.61. The van der Waals surface area contributed by atoms with Crippen LogP contribution < -0.4 is 0 Å². The number of aliphatic hydroxyl groups is 1. The Morgan fingerprint density at radius 1 is 1.16 bits per heavy atom. The van der Waals surface area contributed by atoms with Crippen LogP contribution in [0.3, 0.4) is 0 Å². The number of aliphatic hydroxyl groups excluding tert-OH is 1. The minimum atomic E-state index is -0.935. The van der Waals surface area contributed by atoms with Crippen molar-refractivity contribution in [1.82, 2.24) is 0 Å². The number of halogens is 3. The molecule has 4 heteroatoms. The average Bonchev–Trinajstić information content (AvgIpc) is 2.36. The molecule has 0 aliphatic heterocycles. The highest BCUT2D eigenvalue weighted by Crippen LogP contribution is 2.33. The molecule has 0 fully saturated rings. The Kier molecular flexibility index (Phi) is 4.29. The third-order valence-corrected chi connectivity index (χ3v) is 4.37. The first-order valence-corrected chi connectivity index (χ1v) is 6.97. The molecule has 0 aromatic heterocycles. The summed E-state index contributed by atoms with van der Waals surface area (Å²) >= 11 is 9.36. The maximum atomic E-state index is 13.4. The molecule has 1 nitrogen and oxygen atoms in total. The highest BCUT2D eigenvalue weighted by atomic mass is 79.9. The fraction of sp³-hybridized carbons (Fsp3) is 0.200. The zero-order valence-corrected chi connectivity index (χ0v) is 12.9. The van der Waals surface area contributed by atoms with Gasteiger partial charge in [0.15, 0.2) is 0 Å². The fourth-order valence-electron chi connectivity index (χ4n) is 2.00. The molecular weight excluding hydrogens is 331 g/mol. The summed E-state index contributed by atoms with van der Waals surface area (Å²) in [5.74, 6) is -0.523. The van der Waals surface area contributed by atoms with Gasteiger partial charge in [-0.25, -0.2) is 4.39 Å². The van der Waals surface area contributed by atoms with Gasteiger partial charge in [0.05, 0.1) is 5.02 Å². The van der Waals surface area contributed by atoms with Crippen LogP contribution in [0.2, 0.25) is 5.02 Å². The van der Waals surface area contributed by atoms with Crippen molar-refractivity contribution >= 4 is 27.5 Å². The van der Waals surface area contributed by atoms with Crippen molar-refractivity contribution in [2.24, 2.45) is 0 Å². The molecule has 0 heterocycles. The van der Waals surface area contributed by atoms with Gasteiger partial charge in [0.25, 0.3) is 0 Å². The van der Waals surface area contributed by atoms with Gasteiger partial charge in [0.2, 0.25) is 0 Å². The second-order valence-electron chi connectivity index (χ2n) is 4.50. The van der Waals surface area contributed by atoms with E-state index in [1.807, 2.05) is 26.0 Å². The van der Waals surface area contributed by atoms with Gasteiger partial charge in [-0.15, -0.1) is 0 Å².